The highest BCUT2D eigenvalue weighted by atomic mass is 35.5. The number of benzene rings is 2. The van der Waals surface area contributed by atoms with E-state index in [-0.39, 0.29) is 5.78 Å². The summed E-state index contributed by atoms with van der Waals surface area (Å²) in [5.74, 6) is -0.0186. The van der Waals surface area contributed by atoms with E-state index >= 15 is 0 Å². The lowest BCUT2D eigenvalue weighted by molar-refractivity contribution is 0.103. The molecule has 4 heteroatoms. The van der Waals surface area contributed by atoms with E-state index in [0.717, 1.165) is 48.2 Å². The molecule has 0 aliphatic heterocycles. The van der Waals surface area contributed by atoms with Gasteiger partial charge in [0.1, 0.15) is 0 Å². The van der Waals surface area contributed by atoms with Crippen LogP contribution in [0.15, 0.2) is 48.5 Å². The molecule has 0 atom stereocenters. The van der Waals surface area contributed by atoms with Crippen molar-refractivity contribution in [2.45, 2.75) is 26.3 Å². The largest absolute Gasteiger partial charge is 0.385 e. The number of aryl methyl sites for hydroxylation is 1. The first-order chi connectivity index (χ1) is 12.1. The van der Waals surface area contributed by atoms with Gasteiger partial charge in [0, 0.05) is 42.4 Å². The van der Waals surface area contributed by atoms with Crippen LogP contribution in [0.3, 0.4) is 0 Å². The Morgan fingerprint density at radius 2 is 1.80 bits per heavy atom. The van der Waals surface area contributed by atoms with Gasteiger partial charge in [-0.05, 0) is 38.0 Å². The number of ketones is 1. The molecule has 3 rings (SSSR count). The zero-order valence-corrected chi connectivity index (χ0v) is 15.3. The van der Waals surface area contributed by atoms with Crippen LogP contribution < -0.4 is 0 Å². The number of unbranched alkanes of at least 4 members (excludes halogenated alkanes) is 1. The third kappa shape index (κ3) is 3.48. The fourth-order valence-electron chi connectivity index (χ4n) is 3.30. The van der Waals surface area contributed by atoms with Crippen LogP contribution in [0.25, 0.3) is 10.9 Å². The molecule has 130 valence electrons. The Hall–Kier alpha value is -2.10. The van der Waals surface area contributed by atoms with Gasteiger partial charge in [0.25, 0.3) is 0 Å². The lowest BCUT2D eigenvalue weighted by Crippen LogP contribution is -2.06. The van der Waals surface area contributed by atoms with Crippen LogP contribution in [-0.4, -0.2) is 24.1 Å². The number of methoxy groups -OCH3 is 1. The Bertz CT molecular complexity index is 898. The summed E-state index contributed by atoms with van der Waals surface area (Å²) in [5, 5.41) is 1.47. The number of halogens is 1. The summed E-state index contributed by atoms with van der Waals surface area (Å²) in [5.41, 5.74) is 3.38. The van der Waals surface area contributed by atoms with Crippen molar-refractivity contribution in [2.24, 2.45) is 0 Å². The number of nitrogens with zero attached hydrogens (tertiary/aromatic N) is 1. The molecule has 0 radical (unpaired) electrons. The molecule has 0 unspecified atom stereocenters. The summed E-state index contributed by atoms with van der Waals surface area (Å²) in [6.07, 6.45) is 2.00. The minimum atomic E-state index is -0.0186. The number of carbonyl (C=O) groups excluding carboxylic acids is 1. The molecule has 1 aromatic heterocycles. The second-order valence-corrected chi connectivity index (χ2v) is 6.55. The van der Waals surface area contributed by atoms with Crippen molar-refractivity contribution in [2.75, 3.05) is 13.7 Å². The first kappa shape index (κ1) is 17.7. The average Bonchev–Trinajstić information content (AvgIpc) is 2.90. The summed E-state index contributed by atoms with van der Waals surface area (Å²) >= 11 is 6.26. The van der Waals surface area contributed by atoms with Gasteiger partial charge in [-0.2, -0.15) is 0 Å². The topological polar surface area (TPSA) is 31.2 Å². The van der Waals surface area contributed by atoms with Gasteiger partial charge in [-0.25, -0.2) is 0 Å². The Balaban J connectivity index is 2.05. The molecule has 0 N–H and O–H groups in total. The summed E-state index contributed by atoms with van der Waals surface area (Å²) in [4.78, 5) is 13.2. The molecule has 0 saturated carbocycles. The van der Waals surface area contributed by atoms with E-state index in [1.165, 1.54) is 0 Å². The summed E-state index contributed by atoms with van der Waals surface area (Å²) in [7, 11) is 1.72. The van der Waals surface area contributed by atoms with Crippen molar-refractivity contribution in [3.8, 4) is 0 Å². The number of para-hydroxylation sites is 1. The highest BCUT2D eigenvalue weighted by Gasteiger charge is 2.22. The molecular weight excluding hydrogens is 334 g/mol. The third-order valence-electron chi connectivity index (χ3n) is 4.56. The molecule has 1 heterocycles. The summed E-state index contributed by atoms with van der Waals surface area (Å²) in [6, 6.07) is 15.3. The van der Waals surface area contributed by atoms with E-state index < -0.39 is 0 Å². The second kappa shape index (κ2) is 7.85. The average molecular weight is 356 g/mol. The van der Waals surface area contributed by atoms with Crippen molar-refractivity contribution in [1.29, 1.82) is 0 Å². The van der Waals surface area contributed by atoms with Gasteiger partial charge in [-0.3, -0.25) is 4.79 Å². The molecule has 0 aliphatic rings. The monoisotopic (exact) mass is 355 g/mol. The molecule has 0 amide bonds. The Morgan fingerprint density at radius 3 is 2.56 bits per heavy atom. The molecular formula is C21H22ClNO2. The zero-order valence-electron chi connectivity index (χ0n) is 14.6. The quantitative estimate of drug-likeness (QED) is 0.427. The number of aromatic nitrogens is 1. The summed E-state index contributed by atoms with van der Waals surface area (Å²) in [6.45, 7) is 3.63. The number of hydrogen-bond donors (Lipinski definition) is 0. The molecule has 0 spiro atoms. The molecule has 0 fully saturated rings. The van der Waals surface area contributed by atoms with Crippen molar-refractivity contribution in [3.63, 3.8) is 0 Å². The van der Waals surface area contributed by atoms with Crippen LogP contribution in [0.4, 0.5) is 0 Å². The molecule has 2 aromatic carbocycles. The molecule has 3 nitrogen and oxygen atoms in total. The van der Waals surface area contributed by atoms with E-state index in [1.807, 2.05) is 37.3 Å². The SMILES string of the molecule is COCCCCn1c(C)c(C(=O)c2ccccc2Cl)c2ccccc21. The normalized spacial score (nSPS) is 11.2. The maximum atomic E-state index is 13.2. The van der Waals surface area contributed by atoms with Crippen LogP contribution >= 0.6 is 11.6 Å². The molecule has 0 aliphatic carbocycles. The standard InChI is InChI=1S/C21H22ClNO2/c1-15-20(21(24)16-9-3-5-11-18(16)22)17-10-4-6-12-19(17)23(15)13-7-8-14-25-2/h3-6,9-12H,7-8,13-14H2,1-2H3. The fraction of sp³-hybridized carbons (Fsp3) is 0.286. The highest BCUT2D eigenvalue weighted by molar-refractivity contribution is 6.35. The van der Waals surface area contributed by atoms with E-state index in [1.54, 1.807) is 19.2 Å². The first-order valence-electron chi connectivity index (χ1n) is 8.51. The van der Waals surface area contributed by atoms with Crippen LogP contribution in [0.2, 0.25) is 5.02 Å². The lowest BCUT2D eigenvalue weighted by atomic mass is 10.0. The highest BCUT2D eigenvalue weighted by Crippen LogP contribution is 2.30. The second-order valence-electron chi connectivity index (χ2n) is 6.14. The maximum Gasteiger partial charge on any atom is 0.196 e. The minimum Gasteiger partial charge on any atom is -0.385 e. The molecule has 0 bridgehead atoms. The van der Waals surface area contributed by atoms with Crippen LogP contribution in [-0.2, 0) is 11.3 Å². The smallest absolute Gasteiger partial charge is 0.196 e. The number of hydrogen-bond acceptors (Lipinski definition) is 2. The Morgan fingerprint density at radius 1 is 1.08 bits per heavy atom. The number of rotatable bonds is 7. The predicted molar refractivity (Wildman–Crippen MR) is 103 cm³/mol. The van der Waals surface area contributed by atoms with E-state index in [2.05, 4.69) is 10.6 Å². The van der Waals surface area contributed by atoms with E-state index in [9.17, 15) is 4.79 Å². The van der Waals surface area contributed by atoms with Gasteiger partial charge in [0.2, 0.25) is 0 Å². The van der Waals surface area contributed by atoms with Gasteiger partial charge in [0.15, 0.2) is 5.78 Å². The zero-order chi connectivity index (χ0) is 17.8. The third-order valence-corrected chi connectivity index (χ3v) is 4.89. The van der Waals surface area contributed by atoms with Gasteiger partial charge in [-0.1, -0.05) is 41.9 Å². The molecule has 25 heavy (non-hydrogen) atoms. The van der Waals surface area contributed by atoms with Crippen molar-refractivity contribution in [1.82, 2.24) is 4.57 Å². The van der Waals surface area contributed by atoms with Gasteiger partial charge in [-0.15, -0.1) is 0 Å². The van der Waals surface area contributed by atoms with Gasteiger partial charge in [0.05, 0.1) is 10.6 Å². The number of fused-ring (bicyclic) bond motifs is 1. The number of carbonyl (C=O) groups is 1. The van der Waals surface area contributed by atoms with Crippen LogP contribution in [0, 0.1) is 6.92 Å². The first-order valence-corrected chi connectivity index (χ1v) is 8.89. The van der Waals surface area contributed by atoms with Gasteiger partial charge >= 0.3 is 0 Å². The van der Waals surface area contributed by atoms with Gasteiger partial charge < -0.3 is 9.30 Å². The lowest BCUT2D eigenvalue weighted by Gasteiger charge is -2.09. The van der Waals surface area contributed by atoms with Crippen LogP contribution in [0.5, 0.6) is 0 Å². The molecule has 0 saturated heterocycles. The van der Waals surface area contributed by atoms with Crippen molar-refractivity contribution in [3.05, 3.63) is 70.4 Å². The predicted octanol–water partition coefficient (Wildman–Crippen LogP) is 5.26. The Labute approximate surface area is 153 Å². The van der Waals surface area contributed by atoms with E-state index in [0.29, 0.717) is 10.6 Å². The summed E-state index contributed by atoms with van der Waals surface area (Å²) < 4.78 is 7.37. The van der Waals surface area contributed by atoms with Crippen LogP contribution in [0.1, 0.15) is 34.5 Å². The molecule has 3 aromatic rings. The van der Waals surface area contributed by atoms with E-state index in [4.69, 9.17) is 16.3 Å². The fourth-order valence-corrected chi connectivity index (χ4v) is 3.52. The van der Waals surface area contributed by atoms with Crippen molar-refractivity contribution < 1.29 is 9.53 Å². The maximum absolute atomic E-state index is 13.2. The minimum absolute atomic E-state index is 0.0186. The van der Waals surface area contributed by atoms with Crippen molar-refractivity contribution >= 4 is 28.3 Å². The number of ether oxygens (including phenoxy) is 1. The Kier molecular flexibility index (Phi) is 5.57.